The summed E-state index contributed by atoms with van der Waals surface area (Å²) in [5.41, 5.74) is 6.60. The Balaban J connectivity index is 1.52. The topological polar surface area (TPSA) is 75.1 Å². The molecule has 170 valence electrons. The Morgan fingerprint density at radius 2 is 1.74 bits per heavy atom. The zero-order valence-corrected chi connectivity index (χ0v) is 20.7. The minimum absolute atomic E-state index is 0.108. The molecule has 1 aromatic heterocycles. The highest BCUT2D eigenvalue weighted by molar-refractivity contribution is 14.1. The van der Waals surface area contributed by atoms with Crippen LogP contribution in [0.1, 0.15) is 34.5 Å². The number of phenolic OH excluding ortho intramolecular Hbond substituents is 1. The number of phenols is 1. The molecule has 34 heavy (non-hydrogen) atoms. The first-order valence-electron chi connectivity index (χ1n) is 11.4. The van der Waals surface area contributed by atoms with Crippen molar-refractivity contribution in [2.24, 2.45) is 0 Å². The van der Waals surface area contributed by atoms with Gasteiger partial charge in [0.25, 0.3) is 0 Å². The van der Waals surface area contributed by atoms with Crippen molar-refractivity contribution < 1.29 is 9.90 Å². The van der Waals surface area contributed by atoms with Gasteiger partial charge in [-0.1, -0.05) is 42.5 Å². The van der Waals surface area contributed by atoms with E-state index in [0.717, 1.165) is 62.2 Å². The van der Waals surface area contributed by atoms with Crippen LogP contribution in [0.25, 0.3) is 11.3 Å². The van der Waals surface area contributed by atoms with E-state index in [1.54, 1.807) is 6.07 Å². The molecule has 1 amide bonds. The van der Waals surface area contributed by atoms with Crippen molar-refractivity contribution in [2.45, 2.75) is 32.1 Å². The van der Waals surface area contributed by atoms with Crippen molar-refractivity contribution >= 4 is 34.3 Å². The average molecular weight is 561 g/mol. The Kier molecular flexibility index (Phi) is 6.58. The molecule has 0 saturated carbocycles. The average Bonchev–Trinajstić information content (AvgIpc) is 3.00. The van der Waals surface area contributed by atoms with Crippen LogP contribution < -0.4 is 5.32 Å². The van der Waals surface area contributed by atoms with Crippen molar-refractivity contribution in [1.82, 2.24) is 9.97 Å². The number of hydrogen-bond acceptors (Lipinski definition) is 4. The van der Waals surface area contributed by atoms with E-state index in [-0.39, 0.29) is 18.1 Å². The highest BCUT2D eigenvalue weighted by Gasteiger charge is 2.22. The fourth-order valence-electron chi connectivity index (χ4n) is 4.34. The number of fused-ring (bicyclic) bond motifs is 3. The van der Waals surface area contributed by atoms with Crippen LogP contribution in [0.3, 0.4) is 0 Å². The van der Waals surface area contributed by atoms with Crippen LogP contribution in [0, 0.1) is 3.57 Å². The summed E-state index contributed by atoms with van der Waals surface area (Å²) in [6.07, 6.45) is 3.37. The smallest absolute Gasteiger partial charge is 0.229 e. The summed E-state index contributed by atoms with van der Waals surface area (Å²) in [6, 6.07) is 23.5. The number of amides is 1. The molecule has 0 fully saturated rings. The van der Waals surface area contributed by atoms with Gasteiger partial charge < -0.3 is 10.4 Å². The van der Waals surface area contributed by atoms with Crippen LogP contribution in [0.5, 0.6) is 5.75 Å². The summed E-state index contributed by atoms with van der Waals surface area (Å²) in [5.74, 6) is 0.684. The lowest BCUT2D eigenvalue weighted by Crippen LogP contribution is -2.18. The molecule has 5 nitrogen and oxygen atoms in total. The van der Waals surface area contributed by atoms with Gasteiger partial charge in [0.15, 0.2) is 5.82 Å². The van der Waals surface area contributed by atoms with Gasteiger partial charge in [-0.25, -0.2) is 9.97 Å². The largest absolute Gasteiger partial charge is 0.508 e. The minimum Gasteiger partial charge on any atom is -0.508 e. The molecule has 0 spiro atoms. The van der Waals surface area contributed by atoms with E-state index in [1.165, 1.54) is 0 Å². The third kappa shape index (κ3) is 5.12. The number of hydrogen-bond donors (Lipinski definition) is 2. The first kappa shape index (κ1) is 22.5. The molecule has 0 atom stereocenters. The summed E-state index contributed by atoms with van der Waals surface area (Å²) in [6.45, 7) is 0. The summed E-state index contributed by atoms with van der Waals surface area (Å²) in [7, 11) is 0. The van der Waals surface area contributed by atoms with Gasteiger partial charge in [0, 0.05) is 15.6 Å². The summed E-state index contributed by atoms with van der Waals surface area (Å²) >= 11 is 2.26. The molecule has 6 heteroatoms. The number of benzene rings is 3. The molecule has 0 bridgehead atoms. The molecule has 0 aliphatic heterocycles. The molecular weight excluding hydrogens is 537 g/mol. The third-order valence-electron chi connectivity index (χ3n) is 5.99. The van der Waals surface area contributed by atoms with E-state index in [0.29, 0.717) is 12.2 Å². The van der Waals surface area contributed by atoms with E-state index in [2.05, 4.69) is 40.0 Å². The maximum atomic E-state index is 12.9. The SMILES string of the molecule is O=C(Cc1ccc(I)cc1)Nc1nc2c(nc1Cc1ccccc1)-c1ccc(O)cc1CCC2. The minimum atomic E-state index is -0.108. The number of anilines is 1. The molecule has 0 radical (unpaired) electrons. The highest BCUT2D eigenvalue weighted by Crippen LogP contribution is 2.34. The lowest BCUT2D eigenvalue weighted by molar-refractivity contribution is -0.115. The summed E-state index contributed by atoms with van der Waals surface area (Å²) < 4.78 is 1.14. The van der Waals surface area contributed by atoms with Crippen molar-refractivity contribution in [3.05, 3.63) is 104 Å². The van der Waals surface area contributed by atoms with Crippen molar-refractivity contribution in [3.63, 3.8) is 0 Å². The molecule has 0 saturated heterocycles. The Bertz CT molecular complexity index is 1340. The van der Waals surface area contributed by atoms with Gasteiger partial charge >= 0.3 is 0 Å². The summed E-state index contributed by atoms with van der Waals surface area (Å²) in [4.78, 5) is 22.9. The zero-order valence-electron chi connectivity index (χ0n) is 18.6. The van der Waals surface area contributed by atoms with E-state index in [1.807, 2.05) is 54.6 Å². The number of rotatable bonds is 5. The maximum absolute atomic E-state index is 12.9. The van der Waals surface area contributed by atoms with Crippen LogP contribution in [0.2, 0.25) is 0 Å². The maximum Gasteiger partial charge on any atom is 0.229 e. The predicted octanol–water partition coefficient (Wildman–Crippen LogP) is 5.71. The van der Waals surface area contributed by atoms with Crippen molar-refractivity contribution in [1.29, 1.82) is 0 Å². The fraction of sp³-hybridized carbons (Fsp3) is 0.179. The second kappa shape index (κ2) is 9.93. The number of aromatic hydroxyl groups is 1. The Hall–Kier alpha value is -3.26. The molecule has 0 unspecified atom stereocenters. The van der Waals surface area contributed by atoms with Crippen LogP contribution in [-0.4, -0.2) is 21.0 Å². The third-order valence-corrected chi connectivity index (χ3v) is 6.71. The van der Waals surface area contributed by atoms with Gasteiger partial charge in [0.1, 0.15) is 5.75 Å². The molecule has 2 N–H and O–H groups in total. The highest BCUT2D eigenvalue weighted by atomic mass is 127. The molecule has 1 aliphatic carbocycles. The number of halogens is 1. The normalized spacial score (nSPS) is 12.4. The van der Waals surface area contributed by atoms with Crippen LogP contribution >= 0.6 is 22.6 Å². The second-order valence-electron chi connectivity index (χ2n) is 8.52. The van der Waals surface area contributed by atoms with Gasteiger partial charge in [-0.05, 0) is 88.9 Å². The Morgan fingerprint density at radius 3 is 2.53 bits per heavy atom. The van der Waals surface area contributed by atoms with Gasteiger partial charge in [0.2, 0.25) is 5.91 Å². The molecule has 4 aromatic rings. The van der Waals surface area contributed by atoms with Gasteiger partial charge in [-0.3, -0.25) is 4.79 Å². The fourth-order valence-corrected chi connectivity index (χ4v) is 4.70. The van der Waals surface area contributed by atoms with Crippen LogP contribution in [0.15, 0.2) is 72.8 Å². The number of aryl methyl sites for hydroxylation is 2. The lowest BCUT2D eigenvalue weighted by Gasteiger charge is -2.15. The van der Waals surface area contributed by atoms with E-state index in [9.17, 15) is 9.90 Å². The van der Waals surface area contributed by atoms with E-state index < -0.39 is 0 Å². The monoisotopic (exact) mass is 561 g/mol. The predicted molar refractivity (Wildman–Crippen MR) is 142 cm³/mol. The second-order valence-corrected chi connectivity index (χ2v) is 9.77. The number of nitrogens with zero attached hydrogens (tertiary/aromatic N) is 2. The number of carbonyl (C=O) groups is 1. The van der Waals surface area contributed by atoms with E-state index in [4.69, 9.17) is 9.97 Å². The van der Waals surface area contributed by atoms with Crippen molar-refractivity contribution in [2.75, 3.05) is 5.32 Å². The molecule has 1 heterocycles. The van der Waals surface area contributed by atoms with Gasteiger partial charge in [-0.15, -0.1) is 0 Å². The quantitative estimate of drug-likeness (QED) is 0.306. The molecule has 5 rings (SSSR count). The zero-order chi connectivity index (χ0) is 23.5. The van der Waals surface area contributed by atoms with Crippen LogP contribution in [-0.2, 0) is 30.5 Å². The first-order chi connectivity index (χ1) is 16.5. The molecular formula is C28H24IN3O2. The standard InChI is InChI=1S/C28H24IN3O2/c29-21-11-9-19(10-12-21)16-26(34)32-28-25(15-18-5-2-1-3-6-18)30-27-23-14-13-22(33)17-20(23)7-4-8-24(27)31-28/h1-3,5-6,9-14,17,33H,4,7-8,15-16H2,(H,31,32,34). The van der Waals surface area contributed by atoms with Crippen molar-refractivity contribution in [3.8, 4) is 17.0 Å². The van der Waals surface area contributed by atoms with Gasteiger partial charge in [-0.2, -0.15) is 0 Å². The van der Waals surface area contributed by atoms with Crippen LogP contribution in [0.4, 0.5) is 5.82 Å². The number of carbonyl (C=O) groups excluding carboxylic acids is 1. The Labute approximate surface area is 212 Å². The lowest BCUT2D eigenvalue weighted by atomic mass is 10.0. The van der Waals surface area contributed by atoms with Gasteiger partial charge in [0.05, 0.1) is 23.5 Å². The number of nitrogens with one attached hydrogen (secondary N) is 1. The summed E-state index contributed by atoms with van der Waals surface area (Å²) in [5, 5.41) is 13.0. The molecule has 1 aliphatic rings. The molecule has 3 aromatic carbocycles. The Morgan fingerprint density at radius 1 is 0.941 bits per heavy atom. The first-order valence-corrected chi connectivity index (χ1v) is 12.4. The van der Waals surface area contributed by atoms with E-state index >= 15 is 0 Å². The number of aromatic nitrogens is 2.